The zero-order chi connectivity index (χ0) is 17.9. The SMILES string of the molecule is CN(C)S(=O)(=O)c1cccc(C#Cc2cccc(C(=O)O)c2F)c1. The molecule has 0 bridgehead atoms. The van der Waals surface area contributed by atoms with E-state index in [1.54, 1.807) is 6.07 Å². The van der Waals surface area contributed by atoms with Gasteiger partial charge in [0.1, 0.15) is 0 Å². The summed E-state index contributed by atoms with van der Waals surface area (Å²) in [6.07, 6.45) is 0. The third-order valence-electron chi connectivity index (χ3n) is 3.18. The van der Waals surface area contributed by atoms with Crippen molar-refractivity contribution in [2.45, 2.75) is 4.90 Å². The van der Waals surface area contributed by atoms with Gasteiger partial charge in [-0.25, -0.2) is 21.9 Å². The van der Waals surface area contributed by atoms with Crippen LogP contribution in [-0.2, 0) is 10.0 Å². The van der Waals surface area contributed by atoms with E-state index in [1.807, 2.05) is 0 Å². The van der Waals surface area contributed by atoms with Crippen LogP contribution in [0.2, 0.25) is 0 Å². The molecule has 2 aromatic carbocycles. The maximum atomic E-state index is 14.0. The van der Waals surface area contributed by atoms with E-state index in [9.17, 15) is 17.6 Å². The van der Waals surface area contributed by atoms with Crippen molar-refractivity contribution in [2.24, 2.45) is 0 Å². The van der Waals surface area contributed by atoms with Crippen LogP contribution in [-0.4, -0.2) is 37.9 Å². The summed E-state index contributed by atoms with van der Waals surface area (Å²) in [5.41, 5.74) is -0.167. The first-order valence-corrected chi connectivity index (χ1v) is 8.24. The molecule has 2 aromatic rings. The van der Waals surface area contributed by atoms with Crippen molar-refractivity contribution in [1.82, 2.24) is 4.31 Å². The van der Waals surface area contributed by atoms with Crippen molar-refractivity contribution in [3.63, 3.8) is 0 Å². The molecule has 0 fully saturated rings. The van der Waals surface area contributed by atoms with Crippen LogP contribution in [0, 0.1) is 17.7 Å². The van der Waals surface area contributed by atoms with Crippen molar-refractivity contribution in [2.75, 3.05) is 14.1 Å². The molecule has 0 spiro atoms. The van der Waals surface area contributed by atoms with Crippen molar-refractivity contribution < 1.29 is 22.7 Å². The van der Waals surface area contributed by atoms with E-state index in [2.05, 4.69) is 11.8 Å². The number of benzene rings is 2. The molecule has 0 saturated carbocycles. The number of sulfonamides is 1. The Labute approximate surface area is 139 Å². The van der Waals surface area contributed by atoms with Gasteiger partial charge >= 0.3 is 5.97 Å². The minimum atomic E-state index is -3.59. The molecule has 0 aliphatic heterocycles. The Morgan fingerprint density at radius 3 is 2.42 bits per heavy atom. The number of carboxylic acid groups (broad SMARTS) is 1. The summed E-state index contributed by atoms with van der Waals surface area (Å²) in [7, 11) is -0.760. The summed E-state index contributed by atoms with van der Waals surface area (Å²) >= 11 is 0. The van der Waals surface area contributed by atoms with Gasteiger partial charge in [0.25, 0.3) is 0 Å². The Bertz CT molecular complexity index is 956. The van der Waals surface area contributed by atoms with Crippen LogP contribution in [0.25, 0.3) is 0 Å². The van der Waals surface area contributed by atoms with Gasteiger partial charge in [0.2, 0.25) is 10.0 Å². The zero-order valence-electron chi connectivity index (χ0n) is 12.9. The van der Waals surface area contributed by atoms with Crippen molar-refractivity contribution in [1.29, 1.82) is 0 Å². The highest BCUT2D eigenvalue weighted by molar-refractivity contribution is 7.89. The fraction of sp³-hybridized carbons (Fsp3) is 0.118. The normalized spacial score (nSPS) is 11.0. The summed E-state index contributed by atoms with van der Waals surface area (Å²) in [5, 5.41) is 8.89. The van der Waals surface area contributed by atoms with Crippen LogP contribution in [0.5, 0.6) is 0 Å². The van der Waals surface area contributed by atoms with Gasteiger partial charge < -0.3 is 5.11 Å². The predicted molar refractivity (Wildman–Crippen MR) is 86.7 cm³/mol. The van der Waals surface area contributed by atoms with Gasteiger partial charge in [-0.15, -0.1) is 0 Å². The lowest BCUT2D eigenvalue weighted by Gasteiger charge is -2.11. The quantitative estimate of drug-likeness (QED) is 0.864. The van der Waals surface area contributed by atoms with Gasteiger partial charge in [-0.3, -0.25) is 0 Å². The number of aromatic carboxylic acids is 1. The molecule has 124 valence electrons. The molecular weight excluding hydrogens is 333 g/mol. The topological polar surface area (TPSA) is 74.7 Å². The molecule has 24 heavy (non-hydrogen) atoms. The van der Waals surface area contributed by atoms with E-state index in [1.165, 1.54) is 44.4 Å². The van der Waals surface area contributed by atoms with Crippen molar-refractivity contribution in [3.8, 4) is 11.8 Å². The smallest absolute Gasteiger partial charge is 0.338 e. The molecule has 0 aliphatic rings. The second-order valence-electron chi connectivity index (χ2n) is 5.04. The van der Waals surface area contributed by atoms with Crippen LogP contribution >= 0.6 is 0 Å². The monoisotopic (exact) mass is 347 g/mol. The molecule has 0 unspecified atom stereocenters. The highest BCUT2D eigenvalue weighted by atomic mass is 32.2. The Morgan fingerprint density at radius 2 is 1.79 bits per heavy atom. The predicted octanol–water partition coefficient (Wildman–Crippen LogP) is 2.17. The lowest BCUT2D eigenvalue weighted by molar-refractivity contribution is 0.0692. The molecule has 0 aliphatic carbocycles. The number of carbonyl (C=O) groups is 1. The first-order chi connectivity index (χ1) is 11.2. The molecule has 0 heterocycles. The van der Waals surface area contributed by atoms with Crippen LogP contribution in [0.3, 0.4) is 0 Å². The Morgan fingerprint density at radius 1 is 1.12 bits per heavy atom. The number of hydrogen-bond donors (Lipinski definition) is 1. The number of nitrogens with zero attached hydrogens (tertiary/aromatic N) is 1. The summed E-state index contributed by atoms with van der Waals surface area (Å²) < 4.78 is 39.3. The standard InChI is InChI=1S/C17H14FNO4S/c1-19(2)24(22,23)14-7-3-5-12(11-14)9-10-13-6-4-8-15(16(13)18)17(20)21/h3-8,11H,1-2H3,(H,20,21). The van der Waals surface area contributed by atoms with Crippen LogP contribution < -0.4 is 0 Å². The Hall–Kier alpha value is -2.69. The first kappa shape index (κ1) is 17.7. The highest BCUT2D eigenvalue weighted by Crippen LogP contribution is 2.15. The number of rotatable bonds is 3. The molecule has 0 aromatic heterocycles. The number of hydrogen-bond acceptors (Lipinski definition) is 3. The van der Waals surface area contributed by atoms with Crippen LogP contribution in [0.1, 0.15) is 21.5 Å². The van der Waals surface area contributed by atoms with E-state index < -0.39 is 27.4 Å². The van der Waals surface area contributed by atoms with Gasteiger partial charge in [-0.2, -0.15) is 0 Å². The summed E-state index contributed by atoms with van der Waals surface area (Å²) in [6, 6.07) is 9.82. The van der Waals surface area contributed by atoms with E-state index in [0.29, 0.717) is 5.56 Å². The Balaban J connectivity index is 2.44. The molecule has 0 saturated heterocycles. The maximum Gasteiger partial charge on any atom is 0.338 e. The fourth-order valence-corrected chi connectivity index (χ4v) is 2.83. The molecule has 5 nitrogen and oxygen atoms in total. The third kappa shape index (κ3) is 3.62. The second kappa shape index (κ2) is 6.83. The fourth-order valence-electron chi connectivity index (χ4n) is 1.88. The minimum Gasteiger partial charge on any atom is -0.478 e. The van der Waals surface area contributed by atoms with Crippen molar-refractivity contribution in [3.05, 3.63) is 65.0 Å². The van der Waals surface area contributed by atoms with Gasteiger partial charge in [-0.1, -0.05) is 24.0 Å². The first-order valence-electron chi connectivity index (χ1n) is 6.80. The lowest BCUT2D eigenvalue weighted by Crippen LogP contribution is -2.22. The van der Waals surface area contributed by atoms with Crippen LogP contribution in [0.15, 0.2) is 47.4 Å². The van der Waals surface area contributed by atoms with Crippen molar-refractivity contribution >= 4 is 16.0 Å². The Kier molecular flexibility index (Phi) is 5.02. The van der Waals surface area contributed by atoms with Gasteiger partial charge in [0.05, 0.1) is 16.0 Å². The van der Waals surface area contributed by atoms with E-state index in [0.717, 1.165) is 10.4 Å². The molecule has 2 rings (SSSR count). The zero-order valence-corrected chi connectivity index (χ0v) is 13.8. The van der Waals surface area contributed by atoms with E-state index in [4.69, 9.17) is 5.11 Å². The molecule has 0 amide bonds. The maximum absolute atomic E-state index is 14.0. The third-order valence-corrected chi connectivity index (χ3v) is 4.99. The average Bonchev–Trinajstić information content (AvgIpc) is 2.53. The van der Waals surface area contributed by atoms with Gasteiger partial charge in [0.15, 0.2) is 5.82 Å². The van der Waals surface area contributed by atoms with Gasteiger partial charge in [0, 0.05) is 19.7 Å². The summed E-state index contributed by atoms with van der Waals surface area (Å²) in [6.45, 7) is 0. The van der Waals surface area contributed by atoms with E-state index in [-0.39, 0.29) is 10.5 Å². The largest absolute Gasteiger partial charge is 0.478 e. The van der Waals surface area contributed by atoms with E-state index >= 15 is 0 Å². The summed E-state index contributed by atoms with van der Waals surface area (Å²) in [5.74, 6) is 2.89. The second-order valence-corrected chi connectivity index (χ2v) is 7.19. The van der Waals surface area contributed by atoms with Crippen LogP contribution in [0.4, 0.5) is 4.39 Å². The highest BCUT2D eigenvalue weighted by Gasteiger charge is 2.17. The molecule has 0 atom stereocenters. The molecule has 7 heteroatoms. The molecule has 0 radical (unpaired) electrons. The molecule has 1 N–H and O–H groups in total. The van der Waals surface area contributed by atoms with Gasteiger partial charge in [-0.05, 0) is 30.3 Å². The lowest BCUT2D eigenvalue weighted by atomic mass is 10.1. The number of halogens is 1. The average molecular weight is 347 g/mol. The minimum absolute atomic E-state index is 0.0686. The summed E-state index contributed by atoms with van der Waals surface area (Å²) in [4.78, 5) is 11.0. The molecular formula is C17H14FNO4S. The number of carboxylic acids is 1.